The number of hydrogen-bond donors (Lipinski definition) is 1. The van der Waals surface area contributed by atoms with Gasteiger partial charge in [0.2, 0.25) is 0 Å². The fraction of sp³-hybridized carbons (Fsp3) is 0.214. The molecule has 9 heteroatoms. The first kappa shape index (κ1) is 24.5. The van der Waals surface area contributed by atoms with Gasteiger partial charge in [0, 0.05) is 35.3 Å². The first-order chi connectivity index (χ1) is 17.5. The van der Waals surface area contributed by atoms with Gasteiger partial charge in [0.1, 0.15) is 22.6 Å². The molecule has 0 bridgehead atoms. The van der Waals surface area contributed by atoms with Gasteiger partial charge in [-0.05, 0) is 75.2 Å². The number of hydrogen-bond acceptors (Lipinski definition) is 6. The van der Waals surface area contributed by atoms with E-state index in [0.29, 0.717) is 27.9 Å². The van der Waals surface area contributed by atoms with E-state index in [9.17, 15) is 9.59 Å². The molecule has 37 heavy (non-hydrogen) atoms. The minimum atomic E-state index is -0.760. The summed E-state index contributed by atoms with van der Waals surface area (Å²) in [5.74, 6) is -0.0922. The molecule has 188 valence electrons. The van der Waals surface area contributed by atoms with Gasteiger partial charge in [0.05, 0.1) is 10.9 Å². The van der Waals surface area contributed by atoms with Crippen molar-refractivity contribution in [3.05, 3.63) is 85.9 Å². The van der Waals surface area contributed by atoms with Gasteiger partial charge in [-0.15, -0.1) is 0 Å². The molecule has 1 atom stereocenters. The molecule has 5 rings (SSSR count). The number of primary amides is 1. The van der Waals surface area contributed by atoms with Crippen molar-refractivity contribution in [1.29, 1.82) is 0 Å². The van der Waals surface area contributed by atoms with E-state index in [2.05, 4.69) is 10.1 Å². The second-order valence-corrected chi connectivity index (χ2v) is 9.64. The number of nitrogens with two attached hydrogens (primary N) is 1. The van der Waals surface area contributed by atoms with Crippen LogP contribution in [0.15, 0.2) is 51.8 Å². The lowest BCUT2D eigenvalue weighted by Crippen LogP contribution is -2.17. The van der Waals surface area contributed by atoms with Gasteiger partial charge in [-0.1, -0.05) is 11.6 Å². The van der Waals surface area contributed by atoms with Gasteiger partial charge in [0.15, 0.2) is 16.9 Å². The highest BCUT2D eigenvalue weighted by Crippen LogP contribution is 2.35. The van der Waals surface area contributed by atoms with Gasteiger partial charge in [-0.2, -0.15) is 5.10 Å². The number of halogens is 1. The number of ether oxygens (including phenoxy) is 1. The third-order valence-electron chi connectivity index (χ3n) is 6.37. The Morgan fingerprint density at radius 1 is 1.16 bits per heavy atom. The molecule has 0 aliphatic carbocycles. The van der Waals surface area contributed by atoms with E-state index in [1.54, 1.807) is 24.6 Å². The molecule has 0 saturated heterocycles. The zero-order chi connectivity index (χ0) is 26.6. The number of fused-ring (bicyclic) bond motifs is 2. The van der Waals surface area contributed by atoms with Crippen molar-refractivity contribution >= 4 is 39.4 Å². The Bertz CT molecular complexity index is 1790. The standard InChI is InChI=1S/C28H25ClN4O4/c1-13-8-19(16(4)36-21-6-7-22(29)31-24(21)28(30)35)27-20(9-13)25(34)15(3)26(37-27)17-10-14(2)23-18(11-17)12-33(5)32-23/h6-12,16H,1-5H3,(H2,30,35). The summed E-state index contributed by atoms with van der Waals surface area (Å²) in [4.78, 5) is 29.5. The molecule has 0 aliphatic heterocycles. The molecule has 0 aliphatic rings. The number of pyridine rings is 1. The Labute approximate surface area is 217 Å². The number of carbonyl (C=O) groups excluding carboxylic acids is 1. The number of nitrogens with zero attached hydrogens (tertiary/aromatic N) is 3. The minimum Gasteiger partial charge on any atom is -0.483 e. The van der Waals surface area contributed by atoms with Gasteiger partial charge < -0.3 is 14.9 Å². The zero-order valence-corrected chi connectivity index (χ0v) is 21.8. The SMILES string of the molecule is Cc1cc(C(C)Oc2ccc(Cl)nc2C(N)=O)c2oc(-c3cc(C)c4nn(C)cc4c3)c(C)c(=O)c2c1. The summed E-state index contributed by atoms with van der Waals surface area (Å²) in [5, 5.41) is 6.04. The van der Waals surface area contributed by atoms with Crippen molar-refractivity contribution in [2.75, 3.05) is 0 Å². The van der Waals surface area contributed by atoms with Crippen LogP contribution in [0.3, 0.4) is 0 Å². The Hall–Kier alpha value is -4.17. The molecule has 1 amide bonds. The normalized spacial score (nSPS) is 12.3. The topological polar surface area (TPSA) is 113 Å². The van der Waals surface area contributed by atoms with Crippen molar-refractivity contribution < 1.29 is 13.9 Å². The maximum Gasteiger partial charge on any atom is 0.271 e. The lowest BCUT2D eigenvalue weighted by atomic mass is 9.98. The summed E-state index contributed by atoms with van der Waals surface area (Å²) in [6, 6.07) is 10.7. The maximum absolute atomic E-state index is 13.5. The minimum absolute atomic E-state index is 0.0745. The third-order valence-corrected chi connectivity index (χ3v) is 6.58. The average molecular weight is 517 g/mol. The highest BCUT2D eigenvalue weighted by atomic mass is 35.5. The Morgan fingerprint density at radius 3 is 2.65 bits per heavy atom. The van der Waals surface area contributed by atoms with Gasteiger partial charge >= 0.3 is 0 Å². The van der Waals surface area contributed by atoms with E-state index >= 15 is 0 Å². The van der Waals surface area contributed by atoms with Crippen molar-refractivity contribution in [1.82, 2.24) is 14.8 Å². The fourth-order valence-corrected chi connectivity index (χ4v) is 4.80. The molecular formula is C28H25ClN4O4. The van der Waals surface area contributed by atoms with Crippen LogP contribution in [0.1, 0.15) is 45.8 Å². The fourth-order valence-electron chi connectivity index (χ4n) is 4.65. The lowest BCUT2D eigenvalue weighted by Gasteiger charge is -2.19. The first-order valence-corrected chi connectivity index (χ1v) is 12.1. The monoisotopic (exact) mass is 516 g/mol. The van der Waals surface area contributed by atoms with Gasteiger partial charge in [-0.3, -0.25) is 14.3 Å². The van der Waals surface area contributed by atoms with Crippen LogP contribution in [0.4, 0.5) is 0 Å². The van der Waals surface area contributed by atoms with Crippen LogP contribution < -0.4 is 15.9 Å². The molecule has 1 unspecified atom stereocenters. The second kappa shape index (κ2) is 9.05. The summed E-state index contributed by atoms with van der Waals surface area (Å²) in [7, 11) is 1.87. The molecule has 2 aromatic carbocycles. The zero-order valence-electron chi connectivity index (χ0n) is 21.0. The molecule has 0 saturated carbocycles. The van der Waals surface area contributed by atoms with Gasteiger partial charge in [0.25, 0.3) is 5.91 Å². The largest absolute Gasteiger partial charge is 0.483 e. The smallest absolute Gasteiger partial charge is 0.271 e. The van der Waals surface area contributed by atoms with Crippen molar-refractivity contribution in [3.63, 3.8) is 0 Å². The van der Waals surface area contributed by atoms with E-state index in [-0.39, 0.29) is 22.0 Å². The Kier molecular flexibility index (Phi) is 6.00. The van der Waals surface area contributed by atoms with E-state index in [1.165, 1.54) is 6.07 Å². The molecule has 0 radical (unpaired) electrons. The number of rotatable bonds is 5. The molecule has 3 aromatic heterocycles. The predicted molar refractivity (Wildman–Crippen MR) is 143 cm³/mol. The average Bonchev–Trinajstić information content (AvgIpc) is 3.23. The molecule has 8 nitrogen and oxygen atoms in total. The van der Waals surface area contributed by atoms with Crippen molar-refractivity contribution in [3.8, 4) is 17.1 Å². The maximum atomic E-state index is 13.5. The molecule has 0 spiro atoms. The second-order valence-electron chi connectivity index (χ2n) is 9.25. The molecule has 2 N–H and O–H groups in total. The summed E-state index contributed by atoms with van der Waals surface area (Å²) >= 11 is 5.94. The number of aromatic nitrogens is 3. The van der Waals surface area contributed by atoms with Crippen LogP contribution in [0, 0.1) is 20.8 Å². The van der Waals surface area contributed by atoms with E-state index in [0.717, 1.165) is 27.6 Å². The van der Waals surface area contributed by atoms with E-state index in [1.807, 2.05) is 51.4 Å². The summed E-state index contributed by atoms with van der Waals surface area (Å²) in [5.41, 5.74) is 10.4. The molecular weight excluding hydrogens is 492 g/mol. The van der Waals surface area contributed by atoms with Crippen LogP contribution in [0.5, 0.6) is 5.75 Å². The van der Waals surface area contributed by atoms with Crippen LogP contribution in [0.2, 0.25) is 5.15 Å². The number of amides is 1. The molecule has 0 fully saturated rings. The lowest BCUT2D eigenvalue weighted by molar-refractivity contribution is 0.0988. The van der Waals surface area contributed by atoms with Crippen molar-refractivity contribution in [2.24, 2.45) is 12.8 Å². The molecule has 3 heterocycles. The Balaban J connectivity index is 1.69. The van der Waals surface area contributed by atoms with Crippen molar-refractivity contribution in [2.45, 2.75) is 33.8 Å². The Morgan fingerprint density at radius 2 is 1.92 bits per heavy atom. The van der Waals surface area contributed by atoms with Crippen LogP contribution in [-0.4, -0.2) is 20.7 Å². The third kappa shape index (κ3) is 4.34. The highest BCUT2D eigenvalue weighted by molar-refractivity contribution is 6.29. The van der Waals surface area contributed by atoms with Crippen LogP contribution in [0.25, 0.3) is 33.2 Å². The predicted octanol–water partition coefficient (Wildman–Crippen LogP) is 5.56. The first-order valence-electron chi connectivity index (χ1n) is 11.7. The number of aryl methyl sites for hydroxylation is 3. The van der Waals surface area contributed by atoms with E-state index in [4.69, 9.17) is 26.5 Å². The van der Waals surface area contributed by atoms with E-state index < -0.39 is 12.0 Å². The quantitative estimate of drug-likeness (QED) is 0.306. The van der Waals surface area contributed by atoms with Gasteiger partial charge in [-0.25, -0.2) is 4.98 Å². The van der Waals surface area contributed by atoms with Crippen LogP contribution in [-0.2, 0) is 7.05 Å². The summed E-state index contributed by atoms with van der Waals surface area (Å²) < 4.78 is 14.3. The van der Waals surface area contributed by atoms with Crippen LogP contribution >= 0.6 is 11.6 Å². The number of carbonyl (C=O) groups is 1. The number of benzene rings is 2. The summed E-state index contributed by atoms with van der Waals surface area (Å²) in [6.45, 7) is 7.45. The summed E-state index contributed by atoms with van der Waals surface area (Å²) in [6.07, 6.45) is 1.33. The highest BCUT2D eigenvalue weighted by Gasteiger charge is 2.22. The molecule has 5 aromatic rings.